The second-order valence-corrected chi connectivity index (χ2v) is 4.26. The molecule has 0 aliphatic heterocycles. The third kappa shape index (κ3) is 6.75. The van der Waals surface area contributed by atoms with Gasteiger partial charge in [0.15, 0.2) is 0 Å². The van der Waals surface area contributed by atoms with Crippen molar-refractivity contribution in [1.82, 2.24) is 0 Å². The Morgan fingerprint density at radius 1 is 1.50 bits per heavy atom. The monoisotopic (exact) mass is 218 g/mol. The van der Waals surface area contributed by atoms with E-state index in [1.807, 2.05) is 6.92 Å². The molecule has 12 heavy (non-hydrogen) atoms. The standard InChI is InChI=1S/C4H11O6PS/c1-2-3-4-9-11(5,6)10-12(7)8/h12H,2-4H2,1H3,(H,5,6). The van der Waals surface area contributed by atoms with Gasteiger partial charge in [0.2, 0.25) is 0 Å². The molecular weight excluding hydrogens is 207 g/mol. The molecule has 0 aromatic heterocycles. The summed E-state index contributed by atoms with van der Waals surface area (Å²) in [6.07, 6.45) is 1.35. The van der Waals surface area contributed by atoms with Gasteiger partial charge >= 0.3 is 7.82 Å². The van der Waals surface area contributed by atoms with Gasteiger partial charge in [-0.1, -0.05) is 13.3 Å². The van der Waals surface area contributed by atoms with E-state index in [1.165, 1.54) is 0 Å². The fourth-order valence-corrected chi connectivity index (χ4v) is 1.65. The Labute approximate surface area is 72.3 Å². The zero-order valence-electron chi connectivity index (χ0n) is 6.50. The number of unbranched alkanes of at least 4 members (excludes halogenated alkanes) is 1. The third-order valence-electron chi connectivity index (χ3n) is 0.922. The first kappa shape index (κ1) is 12.1. The van der Waals surface area contributed by atoms with Gasteiger partial charge in [-0.15, -0.1) is 0 Å². The number of phosphoric acid groups is 1. The molecule has 6 nitrogen and oxygen atoms in total. The minimum absolute atomic E-state index is 0.00739. The summed E-state index contributed by atoms with van der Waals surface area (Å²) in [5.74, 6) is 0. The summed E-state index contributed by atoms with van der Waals surface area (Å²) in [6, 6.07) is 0. The van der Waals surface area contributed by atoms with Crippen LogP contribution in [0.2, 0.25) is 0 Å². The molecule has 0 saturated heterocycles. The summed E-state index contributed by atoms with van der Waals surface area (Å²) < 4.78 is 38.2. The molecule has 1 unspecified atom stereocenters. The van der Waals surface area contributed by atoms with Crippen molar-refractivity contribution < 1.29 is 26.4 Å². The summed E-state index contributed by atoms with van der Waals surface area (Å²) in [5.41, 5.74) is 0. The van der Waals surface area contributed by atoms with Gasteiger partial charge in [0, 0.05) is 0 Å². The molecule has 0 fully saturated rings. The van der Waals surface area contributed by atoms with Crippen molar-refractivity contribution in [3.05, 3.63) is 0 Å². The highest BCUT2D eigenvalue weighted by atomic mass is 32.2. The lowest BCUT2D eigenvalue weighted by atomic mass is 10.4. The molecule has 1 N–H and O–H groups in total. The highest BCUT2D eigenvalue weighted by Crippen LogP contribution is 2.43. The van der Waals surface area contributed by atoms with Crippen LogP contribution in [0.3, 0.4) is 0 Å². The summed E-state index contributed by atoms with van der Waals surface area (Å²) in [4.78, 5) is 8.64. The molecule has 0 heterocycles. The first-order chi connectivity index (χ1) is 5.48. The van der Waals surface area contributed by atoms with E-state index in [4.69, 9.17) is 4.89 Å². The maximum absolute atomic E-state index is 10.6. The minimum Gasteiger partial charge on any atom is -0.302 e. The maximum atomic E-state index is 10.6. The van der Waals surface area contributed by atoms with Gasteiger partial charge in [0.05, 0.1) is 6.61 Å². The predicted molar refractivity (Wildman–Crippen MR) is 42.1 cm³/mol. The van der Waals surface area contributed by atoms with Crippen LogP contribution in [0.15, 0.2) is 0 Å². The van der Waals surface area contributed by atoms with E-state index in [1.54, 1.807) is 0 Å². The van der Waals surface area contributed by atoms with Crippen molar-refractivity contribution in [2.45, 2.75) is 19.8 Å². The number of hydrogen-bond donors (Lipinski definition) is 2. The lowest BCUT2D eigenvalue weighted by Crippen LogP contribution is -1.95. The van der Waals surface area contributed by atoms with Crippen molar-refractivity contribution in [1.29, 1.82) is 0 Å². The molecule has 0 amide bonds. The molecule has 0 aliphatic rings. The zero-order chi connectivity index (χ0) is 9.61. The molecule has 0 saturated carbocycles. The number of hydrogen-bond acceptors (Lipinski definition) is 5. The molecule has 0 spiro atoms. The fraction of sp³-hybridized carbons (Fsp3) is 1.00. The molecule has 0 bridgehead atoms. The van der Waals surface area contributed by atoms with Gasteiger partial charge in [0.1, 0.15) is 0 Å². The van der Waals surface area contributed by atoms with Crippen molar-refractivity contribution in [2.24, 2.45) is 0 Å². The summed E-state index contributed by atoms with van der Waals surface area (Å²) in [5, 5.41) is 0. The van der Waals surface area contributed by atoms with Crippen LogP contribution in [0, 0.1) is 0 Å². The van der Waals surface area contributed by atoms with Crippen molar-refractivity contribution in [3.8, 4) is 0 Å². The van der Waals surface area contributed by atoms with E-state index in [0.717, 1.165) is 6.42 Å². The van der Waals surface area contributed by atoms with Gasteiger partial charge in [-0.05, 0) is 6.42 Å². The average molecular weight is 218 g/mol. The molecule has 0 radical (unpaired) electrons. The molecule has 0 aliphatic carbocycles. The summed E-state index contributed by atoms with van der Waals surface area (Å²) >= 11 is 0. The molecule has 74 valence electrons. The average Bonchev–Trinajstić information content (AvgIpc) is 1.84. The molecule has 0 aromatic rings. The largest absolute Gasteiger partial charge is 0.486 e. The van der Waals surface area contributed by atoms with Crippen LogP contribution in [0.25, 0.3) is 0 Å². The van der Waals surface area contributed by atoms with E-state index >= 15 is 0 Å². The molecule has 0 aromatic carbocycles. The second-order valence-electron chi connectivity index (χ2n) is 1.96. The van der Waals surface area contributed by atoms with Gasteiger partial charge in [-0.3, -0.25) is 4.52 Å². The van der Waals surface area contributed by atoms with Crippen LogP contribution in [0.1, 0.15) is 19.8 Å². The molecule has 1 atom stereocenters. The van der Waals surface area contributed by atoms with Crippen LogP contribution in [-0.2, 0) is 24.0 Å². The van der Waals surface area contributed by atoms with Gasteiger partial charge < -0.3 is 4.89 Å². The summed E-state index contributed by atoms with van der Waals surface area (Å²) in [7, 11) is -7.72. The van der Waals surface area contributed by atoms with E-state index in [2.05, 4.69) is 8.49 Å². The first-order valence-electron chi connectivity index (χ1n) is 3.29. The Bertz CT molecular complexity index is 228. The zero-order valence-corrected chi connectivity index (χ0v) is 8.29. The van der Waals surface area contributed by atoms with Gasteiger partial charge in [-0.25, -0.2) is 13.0 Å². The number of phosphoric ester groups is 1. The Kier molecular flexibility index (Phi) is 5.69. The van der Waals surface area contributed by atoms with E-state index in [-0.39, 0.29) is 6.61 Å². The lowest BCUT2D eigenvalue weighted by Gasteiger charge is -2.06. The molecule has 0 rings (SSSR count). The Hall–Kier alpha value is 0.0600. The van der Waals surface area contributed by atoms with E-state index in [9.17, 15) is 13.0 Å². The van der Waals surface area contributed by atoms with E-state index < -0.39 is 18.8 Å². The molecular formula is C4H11O6PS. The number of rotatable bonds is 6. The lowest BCUT2D eigenvalue weighted by molar-refractivity contribution is 0.205. The minimum atomic E-state index is -4.37. The predicted octanol–water partition coefficient (Wildman–Crippen LogP) is 0.447. The Morgan fingerprint density at radius 2 is 2.08 bits per heavy atom. The quantitative estimate of drug-likeness (QED) is 0.382. The van der Waals surface area contributed by atoms with E-state index in [0.29, 0.717) is 6.42 Å². The number of thiol groups is 1. The first-order valence-corrected chi connectivity index (χ1v) is 5.88. The normalized spacial score (nSPS) is 16.2. The third-order valence-corrected chi connectivity index (χ3v) is 2.79. The Balaban J connectivity index is 3.80. The van der Waals surface area contributed by atoms with Gasteiger partial charge in [0.25, 0.3) is 11.0 Å². The summed E-state index contributed by atoms with van der Waals surface area (Å²) in [6.45, 7) is 1.87. The van der Waals surface area contributed by atoms with Crippen LogP contribution in [-0.4, -0.2) is 19.9 Å². The van der Waals surface area contributed by atoms with Crippen molar-refractivity contribution in [3.63, 3.8) is 0 Å². The van der Waals surface area contributed by atoms with Crippen LogP contribution >= 0.6 is 7.82 Å². The second kappa shape index (κ2) is 5.66. The fourth-order valence-electron chi connectivity index (χ4n) is 0.432. The van der Waals surface area contributed by atoms with Crippen LogP contribution in [0.4, 0.5) is 0 Å². The van der Waals surface area contributed by atoms with Crippen LogP contribution < -0.4 is 0 Å². The Morgan fingerprint density at radius 3 is 2.50 bits per heavy atom. The molecule has 8 heteroatoms. The van der Waals surface area contributed by atoms with Crippen LogP contribution in [0.5, 0.6) is 0 Å². The maximum Gasteiger partial charge on any atom is 0.486 e. The highest BCUT2D eigenvalue weighted by Gasteiger charge is 2.21. The van der Waals surface area contributed by atoms with Crippen molar-refractivity contribution >= 4 is 18.8 Å². The van der Waals surface area contributed by atoms with Crippen molar-refractivity contribution in [2.75, 3.05) is 6.61 Å². The highest BCUT2D eigenvalue weighted by molar-refractivity contribution is 7.74. The SMILES string of the molecule is CCCCOP(=O)(O)O[SH](=O)=O. The topological polar surface area (TPSA) is 89.9 Å². The van der Waals surface area contributed by atoms with Gasteiger partial charge in [-0.2, -0.15) is 3.97 Å². The smallest absolute Gasteiger partial charge is 0.302 e.